The Hall–Kier alpha value is -2.68. The number of aliphatic hydroxyl groups is 1. The van der Waals surface area contributed by atoms with Gasteiger partial charge in [-0.2, -0.15) is 13.2 Å². The topological polar surface area (TPSA) is 54.7 Å². The molecule has 0 aliphatic rings. The second-order valence-electron chi connectivity index (χ2n) is 8.51. The Balaban J connectivity index is 2.16. The second kappa shape index (κ2) is 9.90. The third-order valence-electron chi connectivity index (χ3n) is 4.84. The van der Waals surface area contributed by atoms with E-state index < -0.39 is 23.6 Å². The van der Waals surface area contributed by atoms with Gasteiger partial charge in [-0.15, -0.1) is 0 Å². The molecule has 1 heterocycles. The number of carbonyl (C=O) groups excluding carboxylic acids is 1. The lowest BCUT2D eigenvalue weighted by molar-refractivity contribution is -0.143. The summed E-state index contributed by atoms with van der Waals surface area (Å²) in [6, 6.07) is 13.5. The van der Waals surface area contributed by atoms with Crippen LogP contribution in [0.4, 0.5) is 18.0 Å². The molecule has 0 unspecified atom stereocenters. The molecule has 0 radical (unpaired) electrons. The molecule has 182 valence electrons. The Bertz CT molecular complexity index is 1170. The van der Waals surface area contributed by atoms with E-state index in [1.54, 1.807) is 30.3 Å². The van der Waals surface area contributed by atoms with Crippen LogP contribution < -0.4 is 4.74 Å². The third kappa shape index (κ3) is 6.46. The van der Waals surface area contributed by atoms with Crippen LogP contribution in [0.5, 0.6) is 5.88 Å². The SMILES string of the molecule is CN(CC(C)(C)O)C(=O)Oc1c(-c2ccc(Cl)cc2)cc(C(F)(F)F)n1Cc1cccc(Cl)c1. The lowest BCUT2D eigenvalue weighted by atomic mass is 10.1. The molecule has 34 heavy (non-hydrogen) atoms. The van der Waals surface area contributed by atoms with Crippen molar-refractivity contribution in [1.29, 1.82) is 0 Å². The van der Waals surface area contributed by atoms with Crippen LogP contribution in [-0.4, -0.2) is 39.9 Å². The molecule has 0 saturated carbocycles. The summed E-state index contributed by atoms with van der Waals surface area (Å²) in [5, 5.41) is 10.8. The Morgan fingerprint density at radius 2 is 1.71 bits per heavy atom. The highest BCUT2D eigenvalue weighted by atomic mass is 35.5. The van der Waals surface area contributed by atoms with E-state index in [-0.39, 0.29) is 24.5 Å². The smallest absolute Gasteiger partial charge is 0.392 e. The summed E-state index contributed by atoms with van der Waals surface area (Å²) in [6.45, 7) is 2.66. The summed E-state index contributed by atoms with van der Waals surface area (Å²) in [6.07, 6.45) is -5.65. The van der Waals surface area contributed by atoms with Crippen LogP contribution in [0.1, 0.15) is 25.1 Å². The standard InChI is InChI=1S/C24H23Cl2F3N2O3/c1-23(2,33)14-30(3)22(32)34-21-19(16-7-9-17(25)10-8-16)12-20(24(27,28)29)31(21)13-15-5-4-6-18(26)11-15/h4-12,33H,13-14H2,1-3H3. The first-order valence-electron chi connectivity index (χ1n) is 10.2. The maximum absolute atomic E-state index is 14.1. The molecule has 3 rings (SSSR count). The maximum atomic E-state index is 14.1. The summed E-state index contributed by atoms with van der Waals surface area (Å²) >= 11 is 12.0. The Morgan fingerprint density at radius 3 is 2.26 bits per heavy atom. The number of benzene rings is 2. The van der Waals surface area contributed by atoms with Crippen LogP contribution in [0.15, 0.2) is 54.6 Å². The van der Waals surface area contributed by atoms with Gasteiger partial charge in [0.2, 0.25) is 5.88 Å². The molecular formula is C24H23Cl2F3N2O3. The quantitative estimate of drug-likeness (QED) is 0.396. The number of hydrogen-bond acceptors (Lipinski definition) is 3. The number of nitrogens with zero attached hydrogens (tertiary/aromatic N) is 2. The summed E-state index contributed by atoms with van der Waals surface area (Å²) in [5.74, 6) is -0.290. The Kier molecular flexibility index (Phi) is 7.55. The molecule has 3 aromatic rings. The first-order chi connectivity index (χ1) is 15.7. The fourth-order valence-electron chi connectivity index (χ4n) is 3.49. The molecule has 2 aromatic carbocycles. The number of likely N-dealkylation sites (N-methyl/N-ethyl adjacent to an activating group) is 1. The number of halogens is 5. The van der Waals surface area contributed by atoms with Gasteiger partial charge in [0, 0.05) is 22.7 Å². The highest BCUT2D eigenvalue weighted by molar-refractivity contribution is 6.30. The van der Waals surface area contributed by atoms with Gasteiger partial charge in [-0.3, -0.25) is 0 Å². The first-order valence-corrected chi connectivity index (χ1v) is 11.0. The summed E-state index contributed by atoms with van der Waals surface area (Å²) in [5.41, 5.74) is -1.29. The predicted octanol–water partition coefficient (Wildman–Crippen LogP) is 6.73. The van der Waals surface area contributed by atoms with Crippen LogP contribution in [0.25, 0.3) is 11.1 Å². The van der Waals surface area contributed by atoms with Crippen LogP contribution in [0.2, 0.25) is 10.0 Å². The highest BCUT2D eigenvalue weighted by Gasteiger charge is 2.38. The van der Waals surface area contributed by atoms with Gasteiger partial charge >= 0.3 is 12.3 Å². The fraction of sp³-hybridized carbons (Fsp3) is 0.292. The van der Waals surface area contributed by atoms with E-state index in [1.165, 1.54) is 39.1 Å². The monoisotopic (exact) mass is 514 g/mol. The average molecular weight is 515 g/mol. The number of hydrogen-bond donors (Lipinski definition) is 1. The first kappa shape index (κ1) is 25.9. The van der Waals surface area contributed by atoms with Gasteiger partial charge in [0.25, 0.3) is 0 Å². The molecule has 1 N–H and O–H groups in total. The average Bonchev–Trinajstić information content (AvgIpc) is 3.05. The zero-order chi connectivity index (χ0) is 25.3. The van der Waals surface area contributed by atoms with Gasteiger partial charge in [0.15, 0.2) is 0 Å². The Labute approximate surface area is 205 Å². The summed E-state index contributed by atoms with van der Waals surface area (Å²) in [4.78, 5) is 13.9. The van der Waals surface area contributed by atoms with Crippen LogP contribution in [-0.2, 0) is 12.7 Å². The number of alkyl halides is 3. The van der Waals surface area contributed by atoms with Crippen molar-refractivity contribution in [3.63, 3.8) is 0 Å². The van der Waals surface area contributed by atoms with Crippen molar-refractivity contribution in [2.75, 3.05) is 13.6 Å². The van der Waals surface area contributed by atoms with E-state index in [9.17, 15) is 23.1 Å². The molecular weight excluding hydrogens is 492 g/mol. The van der Waals surface area contributed by atoms with Crippen molar-refractivity contribution < 1.29 is 27.8 Å². The van der Waals surface area contributed by atoms with E-state index in [1.807, 2.05) is 0 Å². The minimum Gasteiger partial charge on any atom is -0.392 e. The lowest BCUT2D eigenvalue weighted by Gasteiger charge is -2.25. The Morgan fingerprint density at radius 1 is 1.06 bits per heavy atom. The van der Waals surface area contributed by atoms with Gasteiger partial charge in [0.05, 0.1) is 18.7 Å². The highest BCUT2D eigenvalue weighted by Crippen LogP contribution is 2.41. The van der Waals surface area contributed by atoms with E-state index in [0.717, 1.165) is 15.5 Å². The van der Waals surface area contributed by atoms with Gasteiger partial charge in [-0.25, -0.2) is 4.79 Å². The zero-order valence-corrected chi connectivity index (χ0v) is 20.2. The van der Waals surface area contributed by atoms with Gasteiger partial charge < -0.3 is 19.3 Å². The molecule has 1 aromatic heterocycles. The molecule has 0 bridgehead atoms. The molecule has 0 fully saturated rings. The number of ether oxygens (including phenoxy) is 1. The normalized spacial score (nSPS) is 12.0. The van der Waals surface area contributed by atoms with Crippen molar-refractivity contribution in [2.45, 2.75) is 32.2 Å². The van der Waals surface area contributed by atoms with Gasteiger partial charge in [-0.1, -0.05) is 47.5 Å². The fourth-order valence-corrected chi connectivity index (χ4v) is 3.83. The number of rotatable bonds is 6. The molecule has 1 amide bonds. The lowest BCUT2D eigenvalue weighted by Crippen LogP contribution is -2.41. The molecule has 0 aliphatic carbocycles. The number of amides is 1. The summed E-state index contributed by atoms with van der Waals surface area (Å²) in [7, 11) is 1.39. The molecule has 10 heteroatoms. The number of carbonyl (C=O) groups is 1. The van der Waals surface area contributed by atoms with E-state index in [0.29, 0.717) is 21.2 Å². The van der Waals surface area contributed by atoms with Gasteiger partial charge in [0.1, 0.15) is 5.69 Å². The predicted molar refractivity (Wildman–Crippen MR) is 125 cm³/mol. The molecule has 5 nitrogen and oxygen atoms in total. The minimum atomic E-state index is -4.73. The zero-order valence-electron chi connectivity index (χ0n) is 18.7. The summed E-state index contributed by atoms with van der Waals surface area (Å²) < 4.78 is 48.6. The molecule has 0 aliphatic heterocycles. The van der Waals surface area contributed by atoms with E-state index in [4.69, 9.17) is 27.9 Å². The van der Waals surface area contributed by atoms with Crippen molar-refractivity contribution in [3.05, 3.63) is 75.9 Å². The van der Waals surface area contributed by atoms with E-state index in [2.05, 4.69) is 0 Å². The minimum absolute atomic E-state index is 0.0658. The molecule has 0 spiro atoms. The van der Waals surface area contributed by atoms with Gasteiger partial charge in [-0.05, 0) is 55.3 Å². The largest absolute Gasteiger partial charge is 0.431 e. The van der Waals surface area contributed by atoms with Crippen molar-refractivity contribution in [3.8, 4) is 17.0 Å². The van der Waals surface area contributed by atoms with Crippen LogP contribution >= 0.6 is 23.2 Å². The maximum Gasteiger partial charge on any atom is 0.431 e. The second-order valence-corrected chi connectivity index (χ2v) is 9.38. The van der Waals surface area contributed by atoms with Crippen molar-refractivity contribution in [2.24, 2.45) is 0 Å². The van der Waals surface area contributed by atoms with E-state index >= 15 is 0 Å². The third-order valence-corrected chi connectivity index (χ3v) is 5.33. The van der Waals surface area contributed by atoms with Crippen molar-refractivity contribution >= 4 is 29.3 Å². The van der Waals surface area contributed by atoms with Crippen LogP contribution in [0, 0.1) is 0 Å². The molecule has 0 saturated heterocycles. The number of aromatic nitrogens is 1. The van der Waals surface area contributed by atoms with Crippen LogP contribution in [0.3, 0.4) is 0 Å². The molecule has 0 atom stereocenters. The van der Waals surface area contributed by atoms with Crippen molar-refractivity contribution in [1.82, 2.24) is 9.47 Å².